The van der Waals surface area contributed by atoms with Crippen LogP contribution in [0.15, 0.2) is 54.2 Å². The number of hydrogen-bond acceptors (Lipinski definition) is 5. The third-order valence-corrected chi connectivity index (χ3v) is 4.45. The number of carbonyl (C=O) groups excluding carboxylic acids is 2. The number of aromatic nitrogens is 2. The highest BCUT2D eigenvalue weighted by Gasteiger charge is 2.08. The van der Waals surface area contributed by atoms with E-state index in [4.69, 9.17) is 0 Å². The summed E-state index contributed by atoms with van der Waals surface area (Å²) < 4.78 is 0. The van der Waals surface area contributed by atoms with Gasteiger partial charge in [0.05, 0.1) is 10.7 Å². The first-order chi connectivity index (χ1) is 12.6. The van der Waals surface area contributed by atoms with Gasteiger partial charge in [-0.2, -0.15) is 0 Å². The number of anilines is 2. The number of thiazole rings is 1. The summed E-state index contributed by atoms with van der Waals surface area (Å²) in [7, 11) is 0. The van der Waals surface area contributed by atoms with Crippen LogP contribution in [0.5, 0.6) is 0 Å². The third-order valence-electron chi connectivity index (χ3n) is 3.54. The number of nitrogens with zero attached hydrogens (tertiary/aromatic N) is 2. The lowest BCUT2D eigenvalue weighted by Crippen LogP contribution is -2.13. The van der Waals surface area contributed by atoms with Crippen molar-refractivity contribution < 1.29 is 9.59 Å². The van der Waals surface area contributed by atoms with E-state index in [1.807, 2.05) is 17.5 Å². The molecule has 0 bridgehead atoms. The molecule has 3 rings (SSSR count). The summed E-state index contributed by atoms with van der Waals surface area (Å²) in [6, 6.07) is 10.9. The summed E-state index contributed by atoms with van der Waals surface area (Å²) in [5, 5.41) is 8.41. The fraction of sp³-hybridized carbons (Fsp3) is 0.158. The number of carbonyl (C=O) groups is 2. The number of hydrogen-bond donors (Lipinski definition) is 2. The summed E-state index contributed by atoms with van der Waals surface area (Å²) in [6.07, 6.45) is 4.40. The molecule has 0 atom stereocenters. The average Bonchev–Trinajstić information content (AvgIpc) is 3.09. The molecule has 26 heavy (non-hydrogen) atoms. The normalized spacial score (nSPS) is 10.3. The van der Waals surface area contributed by atoms with Crippen molar-refractivity contribution in [2.75, 3.05) is 10.6 Å². The molecule has 0 aliphatic carbocycles. The molecule has 2 amide bonds. The summed E-state index contributed by atoms with van der Waals surface area (Å²) in [4.78, 5) is 31.9. The number of nitrogens with one attached hydrogen (secondary N) is 2. The standard InChI is InChI=1S/C19H18N4O2S/c1-13(24)21-15-5-2-6-16(10-15)22-18(25)7-8-19-23-17(12-26-19)14-4-3-9-20-11-14/h2-6,9-12H,7-8H2,1H3,(H,21,24)(H,22,25). The van der Waals surface area contributed by atoms with E-state index in [1.54, 1.807) is 36.7 Å². The van der Waals surface area contributed by atoms with Crippen LogP contribution in [0.3, 0.4) is 0 Å². The van der Waals surface area contributed by atoms with Crippen LogP contribution in [-0.2, 0) is 16.0 Å². The van der Waals surface area contributed by atoms with Gasteiger partial charge in [-0.3, -0.25) is 14.6 Å². The van der Waals surface area contributed by atoms with Gasteiger partial charge in [0.1, 0.15) is 0 Å². The second kappa shape index (κ2) is 8.35. The smallest absolute Gasteiger partial charge is 0.224 e. The van der Waals surface area contributed by atoms with E-state index in [0.717, 1.165) is 16.3 Å². The van der Waals surface area contributed by atoms with E-state index in [2.05, 4.69) is 20.6 Å². The Morgan fingerprint density at radius 3 is 2.65 bits per heavy atom. The molecule has 6 nitrogen and oxygen atoms in total. The Hall–Kier alpha value is -3.06. The molecule has 2 heterocycles. The molecule has 7 heteroatoms. The van der Waals surface area contributed by atoms with Gasteiger partial charge in [-0.1, -0.05) is 6.07 Å². The molecule has 0 aliphatic heterocycles. The Labute approximate surface area is 155 Å². The van der Waals surface area contributed by atoms with Gasteiger partial charge in [-0.15, -0.1) is 11.3 Å². The number of benzene rings is 1. The van der Waals surface area contributed by atoms with Crippen molar-refractivity contribution in [2.24, 2.45) is 0 Å². The molecule has 2 aromatic heterocycles. The van der Waals surface area contributed by atoms with Crippen molar-refractivity contribution in [2.45, 2.75) is 19.8 Å². The van der Waals surface area contributed by atoms with Crippen LogP contribution in [0.4, 0.5) is 11.4 Å². The predicted molar refractivity (Wildman–Crippen MR) is 103 cm³/mol. The second-order valence-electron chi connectivity index (χ2n) is 5.68. The fourth-order valence-corrected chi connectivity index (χ4v) is 3.20. The Morgan fingerprint density at radius 2 is 1.92 bits per heavy atom. The van der Waals surface area contributed by atoms with E-state index in [0.29, 0.717) is 24.2 Å². The summed E-state index contributed by atoms with van der Waals surface area (Å²) >= 11 is 1.54. The van der Waals surface area contributed by atoms with Crippen LogP contribution in [0, 0.1) is 0 Å². The number of rotatable bonds is 6. The van der Waals surface area contributed by atoms with Crippen LogP contribution in [0.2, 0.25) is 0 Å². The average molecular weight is 366 g/mol. The molecule has 0 aliphatic rings. The maximum atomic E-state index is 12.2. The van der Waals surface area contributed by atoms with Crippen molar-refractivity contribution in [3.05, 3.63) is 59.2 Å². The third kappa shape index (κ3) is 4.97. The molecule has 1 aromatic carbocycles. The van der Waals surface area contributed by atoms with Crippen LogP contribution >= 0.6 is 11.3 Å². The van der Waals surface area contributed by atoms with Gasteiger partial charge in [0.25, 0.3) is 0 Å². The summed E-state index contributed by atoms with van der Waals surface area (Å²) in [6.45, 7) is 1.44. The minimum Gasteiger partial charge on any atom is -0.326 e. The zero-order valence-electron chi connectivity index (χ0n) is 14.2. The van der Waals surface area contributed by atoms with Crippen molar-refractivity contribution in [1.29, 1.82) is 0 Å². The molecular formula is C19H18N4O2S. The topological polar surface area (TPSA) is 84.0 Å². The second-order valence-corrected chi connectivity index (χ2v) is 6.62. The zero-order valence-corrected chi connectivity index (χ0v) is 15.0. The molecule has 132 valence electrons. The highest BCUT2D eigenvalue weighted by Crippen LogP contribution is 2.22. The minimum absolute atomic E-state index is 0.0943. The van der Waals surface area contributed by atoms with Gasteiger partial charge in [-0.25, -0.2) is 4.98 Å². The largest absolute Gasteiger partial charge is 0.326 e. The fourth-order valence-electron chi connectivity index (χ4n) is 2.39. The maximum absolute atomic E-state index is 12.2. The van der Waals surface area contributed by atoms with E-state index < -0.39 is 0 Å². The summed E-state index contributed by atoms with van der Waals surface area (Å²) in [5.74, 6) is -0.246. The minimum atomic E-state index is -0.151. The number of pyridine rings is 1. The van der Waals surface area contributed by atoms with Crippen LogP contribution < -0.4 is 10.6 Å². The van der Waals surface area contributed by atoms with Gasteiger partial charge in [-0.05, 0) is 30.3 Å². The van der Waals surface area contributed by atoms with E-state index in [9.17, 15) is 9.59 Å². The van der Waals surface area contributed by atoms with Crippen LogP contribution in [0.1, 0.15) is 18.4 Å². The Morgan fingerprint density at radius 1 is 1.12 bits per heavy atom. The quantitative estimate of drug-likeness (QED) is 0.696. The highest BCUT2D eigenvalue weighted by atomic mass is 32.1. The SMILES string of the molecule is CC(=O)Nc1cccc(NC(=O)CCc2nc(-c3cccnc3)cs2)c1. The van der Waals surface area contributed by atoms with Gasteiger partial charge in [0.2, 0.25) is 11.8 Å². The van der Waals surface area contributed by atoms with Crippen molar-refractivity contribution in [3.63, 3.8) is 0 Å². The molecule has 0 fully saturated rings. The van der Waals surface area contributed by atoms with Crippen molar-refractivity contribution in [1.82, 2.24) is 9.97 Å². The molecule has 0 unspecified atom stereocenters. The van der Waals surface area contributed by atoms with Crippen molar-refractivity contribution in [3.8, 4) is 11.3 Å². The molecule has 0 spiro atoms. The van der Waals surface area contributed by atoms with Gasteiger partial charge >= 0.3 is 0 Å². The van der Waals surface area contributed by atoms with Gasteiger partial charge in [0, 0.05) is 54.5 Å². The lowest BCUT2D eigenvalue weighted by Gasteiger charge is -2.07. The summed E-state index contributed by atoms with van der Waals surface area (Å²) in [5.41, 5.74) is 3.14. The van der Waals surface area contributed by atoms with Gasteiger partial charge in [0.15, 0.2) is 0 Å². The predicted octanol–water partition coefficient (Wildman–Crippen LogP) is 3.73. The maximum Gasteiger partial charge on any atom is 0.224 e. The molecule has 2 N–H and O–H groups in total. The first-order valence-corrected chi connectivity index (χ1v) is 9.00. The Kier molecular flexibility index (Phi) is 5.70. The van der Waals surface area contributed by atoms with E-state index in [1.165, 1.54) is 18.3 Å². The monoisotopic (exact) mass is 366 g/mol. The lowest BCUT2D eigenvalue weighted by molar-refractivity contribution is -0.116. The van der Waals surface area contributed by atoms with Gasteiger partial charge < -0.3 is 10.6 Å². The van der Waals surface area contributed by atoms with Crippen LogP contribution in [0.25, 0.3) is 11.3 Å². The lowest BCUT2D eigenvalue weighted by atomic mass is 10.2. The first kappa shape index (κ1) is 17.8. The Balaban J connectivity index is 1.55. The Bertz CT molecular complexity index is 909. The number of aryl methyl sites for hydroxylation is 1. The zero-order chi connectivity index (χ0) is 18.4. The van der Waals surface area contributed by atoms with E-state index in [-0.39, 0.29) is 11.8 Å². The molecule has 3 aromatic rings. The highest BCUT2D eigenvalue weighted by molar-refractivity contribution is 7.09. The van der Waals surface area contributed by atoms with E-state index >= 15 is 0 Å². The molecule has 0 radical (unpaired) electrons. The van der Waals surface area contributed by atoms with Crippen molar-refractivity contribution >= 4 is 34.5 Å². The molecule has 0 saturated heterocycles. The van der Waals surface area contributed by atoms with Crippen LogP contribution in [-0.4, -0.2) is 21.8 Å². The molecule has 0 saturated carbocycles. The number of amides is 2. The molecular weight excluding hydrogens is 348 g/mol. The first-order valence-electron chi connectivity index (χ1n) is 8.12.